The molecule has 2 heterocycles. The molecule has 1 aliphatic heterocycles. The minimum absolute atomic E-state index is 0.513. The zero-order valence-electron chi connectivity index (χ0n) is 9.48. The van der Waals surface area contributed by atoms with E-state index in [1.807, 2.05) is 6.07 Å². The number of ether oxygens (including phenoxy) is 1. The summed E-state index contributed by atoms with van der Waals surface area (Å²) in [4.78, 5) is 4.50. The number of hydrogen-bond acceptors (Lipinski definition) is 4. The molecule has 0 amide bonds. The van der Waals surface area contributed by atoms with Crippen molar-refractivity contribution in [3.8, 4) is 17.0 Å². The Bertz CT molecular complexity index is 536. The Balaban J connectivity index is 1.97. The number of nitrogens with zero attached hydrogens (tertiary/aromatic N) is 1. The second kappa shape index (κ2) is 4.47. The topological polar surface area (TPSA) is 48.1 Å². The normalized spacial score (nSPS) is 14.2. The fraction of sp³-hybridized carbons (Fsp3) is 0.308. The van der Waals surface area contributed by atoms with Gasteiger partial charge in [-0.2, -0.15) is 0 Å². The fourth-order valence-corrected chi connectivity index (χ4v) is 2.74. The lowest BCUT2D eigenvalue weighted by atomic mass is 10.0. The van der Waals surface area contributed by atoms with E-state index in [9.17, 15) is 0 Å². The Morgan fingerprint density at radius 2 is 2.35 bits per heavy atom. The zero-order valence-corrected chi connectivity index (χ0v) is 10.3. The number of aryl methyl sites for hydroxylation is 1. The molecule has 0 atom stereocenters. The van der Waals surface area contributed by atoms with Crippen LogP contribution in [0.5, 0.6) is 5.75 Å². The highest BCUT2D eigenvalue weighted by Gasteiger charge is 2.12. The number of fused-ring (bicyclic) bond motifs is 1. The molecule has 2 N–H and O–H groups in total. The maximum Gasteiger partial charge on any atom is 0.122 e. The summed E-state index contributed by atoms with van der Waals surface area (Å²) >= 11 is 1.61. The molecule has 0 radical (unpaired) electrons. The van der Waals surface area contributed by atoms with Gasteiger partial charge in [0.2, 0.25) is 0 Å². The molecule has 1 aromatic carbocycles. The molecule has 0 saturated heterocycles. The summed E-state index contributed by atoms with van der Waals surface area (Å²) in [5, 5.41) is 3.04. The Morgan fingerprint density at radius 1 is 1.41 bits per heavy atom. The molecule has 0 aliphatic carbocycles. The Morgan fingerprint density at radius 3 is 3.18 bits per heavy atom. The van der Waals surface area contributed by atoms with E-state index in [1.165, 1.54) is 5.56 Å². The molecule has 0 spiro atoms. The Kier molecular flexibility index (Phi) is 2.82. The molecular formula is C13H14N2OS. The van der Waals surface area contributed by atoms with Gasteiger partial charge in [-0.25, -0.2) is 4.98 Å². The summed E-state index contributed by atoms with van der Waals surface area (Å²) in [6.07, 6.45) is 2.19. The molecular weight excluding hydrogens is 232 g/mol. The lowest BCUT2D eigenvalue weighted by Crippen LogP contribution is -2.08. The number of benzene rings is 1. The third kappa shape index (κ3) is 2.06. The van der Waals surface area contributed by atoms with Crippen LogP contribution in [0.2, 0.25) is 0 Å². The number of rotatable bonds is 2. The maximum atomic E-state index is 5.60. The van der Waals surface area contributed by atoms with Crippen LogP contribution in [0.25, 0.3) is 11.3 Å². The van der Waals surface area contributed by atoms with E-state index in [4.69, 9.17) is 10.5 Å². The Hall–Kier alpha value is -1.39. The summed E-state index contributed by atoms with van der Waals surface area (Å²) in [5.41, 5.74) is 9.04. The number of nitrogens with two attached hydrogens (primary N) is 1. The number of thiazole rings is 1. The Labute approximate surface area is 104 Å². The van der Waals surface area contributed by atoms with Gasteiger partial charge in [0.25, 0.3) is 0 Å². The van der Waals surface area contributed by atoms with Crippen molar-refractivity contribution in [3.63, 3.8) is 0 Å². The van der Waals surface area contributed by atoms with Gasteiger partial charge in [0.1, 0.15) is 10.8 Å². The van der Waals surface area contributed by atoms with Gasteiger partial charge < -0.3 is 10.5 Å². The van der Waals surface area contributed by atoms with Crippen molar-refractivity contribution in [2.45, 2.75) is 19.4 Å². The van der Waals surface area contributed by atoms with Crippen molar-refractivity contribution in [2.75, 3.05) is 6.61 Å². The highest BCUT2D eigenvalue weighted by atomic mass is 32.1. The molecule has 1 aromatic heterocycles. The largest absolute Gasteiger partial charge is 0.493 e. The lowest BCUT2D eigenvalue weighted by molar-refractivity contribution is 0.288. The first-order chi connectivity index (χ1) is 8.36. The van der Waals surface area contributed by atoms with Gasteiger partial charge in [0, 0.05) is 17.5 Å². The number of hydrogen-bond donors (Lipinski definition) is 1. The van der Waals surface area contributed by atoms with Crippen LogP contribution in [0, 0.1) is 0 Å². The van der Waals surface area contributed by atoms with Gasteiger partial charge >= 0.3 is 0 Å². The monoisotopic (exact) mass is 246 g/mol. The van der Waals surface area contributed by atoms with Crippen LogP contribution < -0.4 is 10.5 Å². The van der Waals surface area contributed by atoms with Crippen molar-refractivity contribution in [1.82, 2.24) is 4.98 Å². The third-order valence-corrected chi connectivity index (χ3v) is 3.80. The minimum atomic E-state index is 0.513. The van der Waals surface area contributed by atoms with Crippen LogP contribution >= 0.6 is 11.3 Å². The molecule has 2 aromatic rings. The van der Waals surface area contributed by atoms with Crippen molar-refractivity contribution < 1.29 is 4.74 Å². The van der Waals surface area contributed by atoms with E-state index in [0.29, 0.717) is 6.54 Å². The quantitative estimate of drug-likeness (QED) is 0.886. The van der Waals surface area contributed by atoms with Gasteiger partial charge in [-0.3, -0.25) is 0 Å². The van der Waals surface area contributed by atoms with E-state index >= 15 is 0 Å². The van der Waals surface area contributed by atoms with Crippen LogP contribution in [-0.2, 0) is 13.0 Å². The van der Waals surface area contributed by atoms with Crippen LogP contribution in [-0.4, -0.2) is 11.6 Å². The number of aromatic nitrogens is 1. The average molecular weight is 246 g/mol. The highest BCUT2D eigenvalue weighted by Crippen LogP contribution is 2.30. The first kappa shape index (κ1) is 10.7. The van der Waals surface area contributed by atoms with Gasteiger partial charge in [0.15, 0.2) is 0 Å². The van der Waals surface area contributed by atoms with Crippen molar-refractivity contribution in [2.24, 2.45) is 5.73 Å². The molecule has 3 rings (SSSR count). The van der Waals surface area contributed by atoms with Crippen LogP contribution in [0.4, 0.5) is 0 Å². The van der Waals surface area contributed by atoms with Crippen LogP contribution in [0.15, 0.2) is 23.6 Å². The fourth-order valence-electron chi connectivity index (χ4n) is 2.06. The summed E-state index contributed by atoms with van der Waals surface area (Å²) < 4.78 is 5.60. The van der Waals surface area contributed by atoms with Crippen molar-refractivity contribution >= 4 is 11.3 Å². The smallest absolute Gasteiger partial charge is 0.122 e. The van der Waals surface area contributed by atoms with Gasteiger partial charge in [-0.15, -0.1) is 11.3 Å². The van der Waals surface area contributed by atoms with E-state index < -0.39 is 0 Å². The maximum absolute atomic E-state index is 5.60. The highest BCUT2D eigenvalue weighted by molar-refractivity contribution is 7.09. The van der Waals surface area contributed by atoms with Gasteiger partial charge in [-0.1, -0.05) is 0 Å². The molecule has 1 aliphatic rings. The minimum Gasteiger partial charge on any atom is -0.493 e. The molecule has 17 heavy (non-hydrogen) atoms. The van der Waals surface area contributed by atoms with Crippen molar-refractivity contribution in [1.29, 1.82) is 0 Å². The zero-order chi connectivity index (χ0) is 11.7. The standard InChI is InChI=1S/C13H14N2OS/c14-7-13-15-11(8-17-13)9-3-4-12-10(6-9)2-1-5-16-12/h3-4,6,8H,1-2,5,7,14H2. The van der Waals surface area contributed by atoms with E-state index in [0.717, 1.165) is 41.5 Å². The van der Waals surface area contributed by atoms with Crippen LogP contribution in [0.3, 0.4) is 0 Å². The SMILES string of the molecule is NCc1nc(-c2ccc3c(c2)CCCO3)cs1. The van der Waals surface area contributed by atoms with Gasteiger partial charge in [0.05, 0.1) is 12.3 Å². The van der Waals surface area contributed by atoms with Crippen molar-refractivity contribution in [3.05, 3.63) is 34.2 Å². The molecule has 0 fully saturated rings. The summed E-state index contributed by atoms with van der Waals surface area (Å²) in [6.45, 7) is 1.35. The van der Waals surface area contributed by atoms with E-state index in [-0.39, 0.29) is 0 Å². The molecule has 88 valence electrons. The third-order valence-electron chi connectivity index (χ3n) is 2.93. The lowest BCUT2D eigenvalue weighted by Gasteiger charge is -2.17. The second-order valence-electron chi connectivity index (χ2n) is 4.11. The summed E-state index contributed by atoms with van der Waals surface area (Å²) in [6, 6.07) is 6.30. The molecule has 0 bridgehead atoms. The molecule has 0 unspecified atom stereocenters. The summed E-state index contributed by atoms with van der Waals surface area (Å²) in [7, 11) is 0. The predicted molar refractivity (Wildman–Crippen MR) is 69.3 cm³/mol. The van der Waals surface area contributed by atoms with Crippen LogP contribution in [0.1, 0.15) is 17.0 Å². The summed E-state index contributed by atoms with van der Waals surface area (Å²) in [5.74, 6) is 1.02. The molecule has 0 saturated carbocycles. The first-order valence-corrected chi connectivity index (χ1v) is 6.65. The molecule has 3 nitrogen and oxygen atoms in total. The predicted octanol–water partition coefficient (Wildman–Crippen LogP) is 2.59. The molecule has 4 heteroatoms. The average Bonchev–Trinajstić information content (AvgIpc) is 2.87. The van der Waals surface area contributed by atoms with E-state index in [2.05, 4.69) is 22.5 Å². The first-order valence-electron chi connectivity index (χ1n) is 5.77. The van der Waals surface area contributed by atoms with Gasteiger partial charge in [-0.05, 0) is 36.6 Å². The second-order valence-corrected chi connectivity index (χ2v) is 5.05. The van der Waals surface area contributed by atoms with E-state index in [1.54, 1.807) is 11.3 Å².